The quantitative estimate of drug-likeness (QED) is 0.319. The molecule has 1 amide bonds. The molecule has 5 rings (SSSR count). The average Bonchev–Trinajstić information content (AvgIpc) is 3.21. The van der Waals surface area contributed by atoms with Crippen LogP contribution in [-0.2, 0) is 42.6 Å². The zero-order valence-corrected chi connectivity index (χ0v) is 22.0. The first-order valence-corrected chi connectivity index (χ1v) is 12.6. The van der Waals surface area contributed by atoms with Crippen LogP contribution in [0.1, 0.15) is 57.7 Å². The molecule has 0 unspecified atom stereocenters. The summed E-state index contributed by atoms with van der Waals surface area (Å²) >= 11 is 0. The van der Waals surface area contributed by atoms with Crippen molar-refractivity contribution in [2.45, 2.75) is 71.4 Å². The number of hydrogen-bond acceptors (Lipinski definition) is 7. The maximum absolute atomic E-state index is 13.6. The molecule has 1 aromatic heterocycles. The Morgan fingerprint density at radius 1 is 1.13 bits per heavy atom. The average molecular weight is 519 g/mol. The Kier molecular flexibility index (Phi) is 6.04. The predicted molar refractivity (Wildman–Crippen MR) is 139 cm³/mol. The van der Waals surface area contributed by atoms with E-state index in [2.05, 4.69) is 11.4 Å². The number of carbonyl (C=O) groups excluding carboxylic acids is 3. The summed E-state index contributed by atoms with van der Waals surface area (Å²) in [5.41, 5.74) is 0.234. The van der Waals surface area contributed by atoms with Crippen molar-refractivity contribution in [3.8, 4) is 11.3 Å². The maximum atomic E-state index is 13.6. The molecule has 198 valence electrons. The van der Waals surface area contributed by atoms with Gasteiger partial charge in [0.1, 0.15) is 18.2 Å². The van der Waals surface area contributed by atoms with Crippen LogP contribution in [0.4, 0.5) is 4.79 Å². The lowest BCUT2D eigenvalue weighted by atomic mass is 9.85. The zero-order chi connectivity index (χ0) is 27.4. The summed E-state index contributed by atoms with van der Waals surface area (Å²) in [6.07, 6.45) is -0.754. The van der Waals surface area contributed by atoms with E-state index in [0.29, 0.717) is 17.8 Å². The molecule has 0 aliphatic carbocycles. The highest BCUT2D eigenvalue weighted by molar-refractivity contribution is 5.92. The molecule has 0 saturated carbocycles. The molecule has 2 aliphatic heterocycles. The summed E-state index contributed by atoms with van der Waals surface area (Å²) < 4.78 is 18.1. The van der Waals surface area contributed by atoms with E-state index < -0.39 is 35.3 Å². The van der Waals surface area contributed by atoms with Gasteiger partial charge < -0.3 is 24.1 Å². The molecule has 38 heavy (non-hydrogen) atoms. The highest BCUT2D eigenvalue weighted by Gasteiger charge is 2.51. The molecule has 2 aromatic carbocycles. The van der Waals surface area contributed by atoms with Crippen LogP contribution in [0, 0.1) is 0 Å². The van der Waals surface area contributed by atoms with Crippen LogP contribution < -0.4 is 10.9 Å². The lowest BCUT2D eigenvalue weighted by molar-refractivity contribution is -0.190. The summed E-state index contributed by atoms with van der Waals surface area (Å²) in [4.78, 5) is 52.1. The fraction of sp³-hybridized carbons (Fsp3) is 0.379. The monoisotopic (exact) mass is 518 g/mol. The number of aromatic nitrogens is 1. The molecule has 3 aromatic rings. The van der Waals surface area contributed by atoms with E-state index in [1.807, 2.05) is 30.3 Å². The van der Waals surface area contributed by atoms with E-state index in [9.17, 15) is 19.2 Å². The van der Waals surface area contributed by atoms with Gasteiger partial charge >= 0.3 is 18.0 Å². The third-order valence-corrected chi connectivity index (χ3v) is 6.95. The van der Waals surface area contributed by atoms with Crippen molar-refractivity contribution >= 4 is 28.8 Å². The molecule has 3 heterocycles. The van der Waals surface area contributed by atoms with E-state index in [-0.39, 0.29) is 24.2 Å². The van der Waals surface area contributed by atoms with Crippen molar-refractivity contribution in [1.29, 1.82) is 0 Å². The van der Waals surface area contributed by atoms with E-state index in [1.54, 1.807) is 38.3 Å². The number of carbonyl (C=O) groups is 3. The number of amides is 1. The van der Waals surface area contributed by atoms with Crippen LogP contribution in [-0.4, -0.2) is 34.2 Å². The summed E-state index contributed by atoms with van der Waals surface area (Å²) in [7, 11) is 0. The second kappa shape index (κ2) is 9.01. The van der Waals surface area contributed by atoms with E-state index in [0.717, 1.165) is 21.9 Å². The topological polar surface area (TPSA) is 113 Å². The van der Waals surface area contributed by atoms with Gasteiger partial charge in [-0.3, -0.25) is 4.79 Å². The molecule has 0 bridgehead atoms. The van der Waals surface area contributed by atoms with E-state index in [4.69, 9.17) is 14.2 Å². The third-order valence-electron chi connectivity index (χ3n) is 6.95. The lowest BCUT2D eigenvalue weighted by Crippen LogP contribution is -2.51. The number of alkyl carbamates (subject to hydrolysis) is 1. The van der Waals surface area contributed by atoms with Crippen LogP contribution >= 0.6 is 0 Å². The number of hydrogen-bond donors (Lipinski definition) is 1. The molecule has 0 radical (unpaired) electrons. The van der Waals surface area contributed by atoms with Crippen LogP contribution in [0.15, 0.2) is 47.3 Å². The minimum atomic E-state index is -1.83. The number of benzene rings is 2. The Bertz CT molecular complexity index is 1550. The first-order chi connectivity index (χ1) is 17.9. The minimum absolute atomic E-state index is 0.0389. The highest BCUT2D eigenvalue weighted by Crippen LogP contribution is 2.41. The van der Waals surface area contributed by atoms with Crippen LogP contribution in [0.3, 0.4) is 0 Å². The number of esters is 2. The van der Waals surface area contributed by atoms with Gasteiger partial charge in [0.15, 0.2) is 0 Å². The summed E-state index contributed by atoms with van der Waals surface area (Å²) in [6, 6.07) is 12.7. The standard InChI is InChI=1S/C29H30N2O7/c1-6-29(37-25(33)16(2)30-27(35)38-28(3,4)5)22-13-23-20-12-18-10-8-7-9-17(18)11-19(20)14-31(23)24(32)21(22)15-36-26(29)34/h7-13,16H,6,14-15H2,1-5H3,(H,30,35)/t16-,29+/m1/s1. The lowest BCUT2D eigenvalue weighted by Gasteiger charge is -2.36. The van der Waals surface area contributed by atoms with Crippen molar-refractivity contribution in [2.24, 2.45) is 0 Å². The number of rotatable bonds is 4. The first kappa shape index (κ1) is 25.5. The molecule has 9 heteroatoms. The smallest absolute Gasteiger partial charge is 0.408 e. The largest absolute Gasteiger partial charge is 0.457 e. The Morgan fingerprint density at radius 3 is 2.47 bits per heavy atom. The van der Waals surface area contributed by atoms with Gasteiger partial charge in [-0.2, -0.15) is 0 Å². The summed E-state index contributed by atoms with van der Waals surface area (Å²) in [5, 5.41) is 4.53. The van der Waals surface area contributed by atoms with Gasteiger partial charge in [0.2, 0.25) is 5.60 Å². The Balaban J connectivity index is 1.54. The number of nitrogens with zero attached hydrogens (tertiary/aromatic N) is 1. The number of fused-ring (bicyclic) bond motifs is 5. The van der Waals surface area contributed by atoms with Gasteiger partial charge in [0, 0.05) is 11.1 Å². The zero-order valence-electron chi connectivity index (χ0n) is 22.0. The van der Waals surface area contributed by atoms with Crippen molar-refractivity contribution in [1.82, 2.24) is 9.88 Å². The number of pyridine rings is 1. The second-order valence-corrected chi connectivity index (χ2v) is 10.7. The van der Waals surface area contributed by atoms with E-state index >= 15 is 0 Å². The minimum Gasteiger partial charge on any atom is -0.457 e. The molecule has 2 aliphatic rings. The molecular weight excluding hydrogens is 488 g/mol. The Hall–Kier alpha value is -4.14. The van der Waals surface area contributed by atoms with Crippen molar-refractivity contribution < 1.29 is 28.6 Å². The highest BCUT2D eigenvalue weighted by atomic mass is 16.6. The van der Waals surface area contributed by atoms with Crippen LogP contribution in [0.2, 0.25) is 0 Å². The normalized spacial score (nSPS) is 18.6. The molecule has 0 fully saturated rings. The fourth-order valence-corrected chi connectivity index (χ4v) is 5.07. The number of nitrogens with one attached hydrogen (secondary N) is 1. The molecule has 1 N–H and O–H groups in total. The predicted octanol–water partition coefficient (Wildman–Crippen LogP) is 4.15. The summed E-state index contributed by atoms with van der Waals surface area (Å²) in [5.74, 6) is -1.61. The first-order valence-electron chi connectivity index (χ1n) is 12.6. The van der Waals surface area contributed by atoms with E-state index in [1.165, 1.54) is 6.92 Å². The molecule has 9 nitrogen and oxygen atoms in total. The molecular formula is C29H30N2O7. The Morgan fingerprint density at radius 2 is 1.82 bits per heavy atom. The molecule has 2 atom stereocenters. The maximum Gasteiger partial charge on any atom is 0.408 e. The molecule has 0 saturated heterocycles. The third kappa shape index (κ3) is 4.21. The number of ether oxygens (including phenoxy) is 3. The van der Waals surface area contributed by atoms with Gasteiger partial charge in [0.05, 0.1) is 17.8 Å². The number of cyclic esters (lactones) is 1. The van der Waals surface area contributed by atoms with Gasteiger partial charge in [-0.25, -0.2) is 14.4 Å². The fourth-order valence-electron chi connectivity index (χ4n) is 5.07. The van der Waals surface area contributed by atoms with Gasteiger partial charge in [-0.1, -0.05) is 31.2 Å². The second-order valence-electron chi connectivity index (χ2n) is 10.7. The van der Waals surface area contributed by atoms with Crippen molar-refractivity contribution in [3.05, 3.63) is 69.5 Å². The van der Waals surface area contributed by atoms with Crippen LogP contribution in [0.25, 0.3) is 22.0 Å². The van der Waals surface area contributed by atoms with Gasteiger partial charge in [-0.15, -0.1) is 0 Å². The van der Waals surface area contributed by atoms with Crippen molar-refractivity contribution in [3.63, 3.8) is 0 Å². The SMILES string of the molecule is CC[C@@]1(OC(=O)[C@@H](C)NC(=O)OC(C)(C)C)C(=O)OCc2c1cc1n(c2=O)Cc2cc3ccccc3cc2-1. The molecule has 0 spiro atoms. The summed E-state index contributed by atoms with van der Waals surface area (Å²) in [6.45, 7) is 8.41. The van der Waals surface area contributed by atoms with Crippen LogP contribution in [0.5, 0.6) is 0 Å². The van der Waals surface area contributed by atoms with Gasteiger partial charge in [-0.05, 0) is 68.7 Å². The Labute approximate surface area is 219 Å². The van der Waals surface area contributed by atoms with Crippen molar-refractivity contribution in [2.75, 3.05) is 0 Å². The van der Waals surface area contributed by atoms with Gasteiger partial charge in [0.25, 0.3) is 5.56 Å².